The molecule has 13 heavy (non-hydrogen) atoms. The Labute approximate surface area is 78.4 Å². The number of hydrogen-bond acceptors (Lipinski definition) is 2. The number of aliphatic carboxylic acids is 1. The normalized spacial score (nSPS) is 22.5. The van der Waals surface area contributed by atoms with Gasteiger partial charge in [0.05, 0.1) is 6.10 Å². The van der Waals surface area contributed by atoms with Gasteiger partial charge in [-0.05, 0) is 25.7 Å². The Balaban J connectivity index is 2.33. The second-order valence-electron chi connectivity index (χ2n) is 3.30. The van der Waals surface area contributed by atoms with Crippen molar-refractivity contribution >= 4 is 5.97 Å². The molecule has 0 aromatic heterocycles. The second-order valence-corrected chi connectivity index (χ2v) is 3.30. The molecule has 3 heteroatoms. The van der Waals surface area contributed by atoms with Crippen LogP contribution in [0.2, 0.25) is 0 Å². The molecule has 0 heterocycles. The van der Waals surface area contributed by atoms with Gasteiger partial charge in [0.25, 0.3) is 0 Å². The number of ether oxygens (including phenoxy) is 1. The van der Waals surface area contributed by atoms with E-state index in [9.17, 15) is 4.79 Å². The Hall–Kier alpha value is -0.830. The van der Waals surface area contributed by atoms with Gasteiger partial charge in [0.2, 0.25) is 0 Å². The third-order valence-corrected chi connectivity index (χ3v) is 2.20. The van der Waals surface area contributed by atoms with E-state index in [2.05, 4.69) is 6.92 Å². The van der Waals surface area contributed by atoms with Crippen LogP contribution in [0.4, 0.5) is 0 Å². The van der Waals surface area contributed by atoms with Crippen LogP contribution < -0.4 is 0 Å². The molecule has 1 N–H and O–H groups in total. The van der Waals surface area contributed by atoms with E-state index >= 15 is 0 Å². The Morgan fingerprint density at radius 2 is 2.54 bits per heavy atom. The van der Waals surface area contributed by atoms with E-state index < -0.39 is 5.97 Å². The molecule has 1 aliphatic carbocycles. The summed E-state index contributed by atoms with van der Waals surface area (Å²) in [6, 6.07) is 0. The van der Waals surface area contributed by atoms with Crippen LogP contribution in [0, 0.1) is 0 Å². The van der Waals surface area contributed by atoms with Crippen LogP contribution in [0.25, 0.3) is 0 Å². The maximum Gasteiger partial charge on any atom is 0.331 e. The molecule has 0 fully saturated rings. The van der Waals surface area contributed by atoms with Gasteiger partial charge in [-0.15, -0.1) is 0 Å². The molecule has 0 aromatic carbocycles. The summed E-state index contributed by atoms with van der Waals surface area (Å²) in [5.41, 5.74) is 0.538. The minimum Gasteiger partial charge on any atom is -0.478 e. The highest BCUT2D eigenvalue weighted by atomic mass is 16.5. The van der Waals surface area contributed by atoms with Crippen molar-refractivity contribution in [1.82, 2.24) is 0 Å². The largest absolute Gasteiger partial charge is 0.478 e. The molecular weight excluding hydrogens is 168 g/mol. The molecule has 1 aliphatic rings. The highest BCUT2D eigenvalue weighted by Crippen LogP contribution is 2.20. The summed E-state index contributed by atoms with van der Waals surface area (Å²) in [5.74, 6) is -0.783. The van der Waals surface area contributed by atoms with Gasteiger partial charge < -0.3 is 9.84 Å². The van der Waals surface area contributed by atoms with Gasteiger partial charge in [-0.3, -0.25) is 0 Å². The zero-order chi connectivity index (χ0) is 9.68. The fourth-order valence-corrected chi connectivity index (χ4v) is 1.44. The molecule has 1 atom stereocenters. The monoisotopic (exact) mass is 184 g/mol. The van der Waals surface area contributed by atoms with Gasteiger partial charge in [0.15, 0.2) is 0 Å². The van der Waals surface area contributed by atoms with Crippen LogP contribution in [0.1, 0.15) is 32.6 Å². The molecule has 3 nitrogen and oxygen atoms in total. The average molecular weight is 184 g/mol. The van der Waals surface area contributed by atoms with Crippen molar-refractivity contribution < 1.29 is 14.6 Å². The Morgan fingerprint density at radius 1 is 1.77 bits per heavy atom. The van der Waals surface area contributed by atoms with Crippen LogP contribution in [0.15, 0.2) is 11.6 Å². The first kappa shape index (κ1) is 10.3. The Morgan fingerprint density at radius 3 is 3.00 bits per heavy atom. The summed E-state index contributed by atoms with van der Waals surface area (Å²) in [6.07, 6.45) is 5.28. The highest BCUT2D eigenvalue weighted by Gasteiger charge is 2.17. The zero-order valence-corrected chi connectivity index (χ0v) is 7.95. The molecule has 0 spiro atoms. The molecule has 0 saturated carbocycles. The maximum absolute atomic E-state index is 10.6. The van der Waals surface area contributed by atoms with Crippen molar-refractivity contribution in [2.45, 2.75) is 38.7 Å². The van der Waals surface area contributed by atoms with Crippen molar-refractivity contribution in [3.8, 4) is 0 Å². The van der Waals surface area contributed by atoms with Gasteiger partial charge >= 0.3 is 5.97 Å². The van der Waals surface area contributed by atoms with Crippen LogP contribution in [0.3, 0.4) is 0 Å². The first-order valence-electron chi connectivity index (χ1n) is 4.78. The molecule has 0 amide bonds. The number of hydrogen-bond donors (Lipinski definition) is 1. The second kappa shape index (κ2) is 5.02. The summed E-state index contributed by atoms with van der Waals surface area (Å²) in [5, 5.41) is 8.69. The topological polar surface area (TPSA) is 46.5 Å². The van der Waals surface area contributed by atoms with Gasteiger partial charge in [-0.1, -0.05) is 13.0 Å². The van der Waals surface area contributed by atoms with Crippen LogP contribution in [0.5, 0.6) is 0 Å². The van der Waals surface area contributed by atoms with E-state index in [1.165, 1.54) is 0 Å². The predicted molar refractivity (Wildman–Crippen MR) is 49.6 cm³/mol. The SMILES string of the molecule is CCCOC1CC=C(C(=O)O)CC1. The average Bonchev–Trinajstić information content (AvgIpc) is 2.15. The summed E-state index contributed by atoms with van der Waals surface area (Å²) in [6.45, 7) is 2.85. The molecule has 0 saturated heterocycles. The van der Waals surface area contributed by atoms with Gasteiger partial charge in [0.1, 0.15) is 0 Å². The zero-order valence-electron chi connectivity index (χ0n) is 7.95. The predicted octanol–water partition coefficient (Wildman–Crippen LogP) is 1.98. The van der Waals surface area contributed by atoms with Crippen molar-refractivity contribution in [2.75, 3.05) is 6.61 Å². The number of carbonyl (C=O) groups is 1. The van der Waals surface area contributed by atoms with Crippen LogP contribution >= 0.6 is 0 Å². The fraction of sp³-hybridized carbons (Fsp3) is 0.700. The van der Waals surface area contributed by atoms with Gasteiger partial charge in [-0.25, -0.2) is 4.79 Å². The van der Waals surface area contributed by atoms with Crippen LogP contribution in [-0.2, 0) is 9.53 Å². The van der Waals surface area contributed by atoms with E-state index in [0.29, 0.717) is 12.0 Å². The summed E-state index contributed by atoms with van der Waals surface area (Å²) < 4.78 is 5.52. The minimum absolute atomic E-state index is 0.239. The quantitative estimate of drug-likeness (QED) is 0.726. The summed E-state index contributed by atoms with van der Waals surface area (Å²) >= 11 is 0. The van der Waals surface area contributed by atoms with Crippen molar-refractivity contribution in [1.29, 1.82) is 0 Å². The van der Waals surface area contributed by atoms with E-state index in [1.807, 2.05) is 0 Å². The lowest BCUT2D eigenvalue weighted by Gasteiger charge is -2.20. The molecule has 1 unspecified atom stereocenters. The van der Waals surface area contributed by atoms with E-state index in [0.717, 1.165) is 25.9 Å². The third kappa shape index (κ3) is 3.19. The Bertz CT molecular complexity index is 208. The van der Waals surface area contributed by atoms with E-state index in [4.69, 9.17) is 9.84 Å². The highest BCUT2D eigenvalue weighted by molar-refractivity contribution is 5.86. The number of carboxylic acids is 1. The first-order valence-corrected chi connectivity index (χ1v) is 4.78. The lowest BCUT2D eigenvalue weighted by atomic mass is 9.97. The number of rotatable bonds is 4. The standard InChI is InChI=1S/C10H16O3/c1-2-7-13-9-5-3-8(4-6-9)10(11)12/h3,9H,2,4-7H2,1H3,(H,11,12). The Kier molecular flexibility index (Phi) is 3.96. The fourth-order valence-electron chi connectivity index (χ4n) is 1.44. The van der Waals surface area contributed by atoms with Gasteiger partial charge in [-0.2, -0.15) is 0 Å². The lowest BCUT2D eigenvalue weighted by Crippen LogP contribution is -2.18. The molecule has 0 aromatic rings. The number of carboxylic acid groups (broad SMARTS) is 1. The van der Waals surface area contributed by atoms with Gasteiger partial charge in [0, 0.05) is 12.2 Å². The van der Waals surface area contributed by atoms with E-state index in [1.54, 1.807) is 6.08 Å². The third-order valence-electron chi connectivity index (χ3n) is 2.20. The minimum atomic E-state index is -0.783. The maximum atomic E-state index is 10.6. The molecule has 0 radical (unpaired) electrons. The van der Waals surface area contributed by atoms with Crippen molar-refractivity contribution in [3.05, 3.63) is 11.6 Å². The summed E-state index contributed by atoms with van der Waals surface area (Å²) in [7, 11) is 0. The molecule has 74 valence electrons. The van der Waals surface area contributed by atoms with Crippen molar-refractivity contribution in [3.63, 3.8) is 0 Å². The van der Waals surface area contributed by atoms with E-state index in [-0.39, 0.29) is 6.10 Å². The molecule has 0 aliphatic heterocycles. The molecular formula is C10H16O3. The first-order chi connectivity index (χ1) is 6.24. The smallest absolute Gasteiger partial charge is 0.331 e. The molecule has 0 bridgehead atoms. The lowest BCUT2D eigenvalue weighted by molar-refractivity contribution is -0.133. The summed E-state index contributed by atoms with van der Waals surface area (Å²) in [4.78, 5) is 10.6. The van der Waals surface area contributed by atoms with Crippen molar-refractivity contribution in [2.24, 2.45) is 0 Å². The molecule has 1 rings (SSSR count). The van der Waals surface area contributed by atoms with Crippen LogP contribution in [-0.4, -0.2) is 23.8 Å².